The van der Waals surface area contributed by atoms with E-state index in [-0.39, 0.29) is 17.3 Å². The molecule has 0 aliphatic carbocycles. The minimum Gasteiger partial charge on any atom is -0.346 e. The van der Waals surface area contributed by atoms with E-state index in [1.54, 1.807) is 6.07 Å². The molecule has 1 aromatic heterocycles. The third-order valence-electron chi connectivity index (χ3n) is 4.53. The second-order valence-corrected chi connectivity index (χ2v) is 8.02. The number of nitrogens with one attached hydrogen (secondary N) is 3. The van der Waals surface area contributed by atoms with Gasteiger partial charge in [-0.2, -0.15) is 0 Å². The molecule has 3 N–H and O–H groups in total. The maximum absolute atomic E-state index is 12.4. The molecule has 1 atom stereocenters. The summed E-state index contributed by atoms with van der Waals surface area (Å²) in [5, 5.41) is 6.24. The molecule has 8 heteroatoms. The first kappa shape index (κ1) is 18.5. The molecule has 2 aromatic rings. The number of pyridine rings is 1. The summed E-state index contributed by atoms with van der Waals surface area (Å²) in [4.78, 5) is 16.6. The molecule has 0 unspecified atom stereocenters. The summed E-state index contributed by atoms with van der Waals surface area (Å²) in [6.45, 7) is 3.14. The zero-order valence-electron chi connectivity index (χ0n) is 14.7. The molecule has 3 rings (SSSR count). The first-order valence-electron chi connectivity index (χ1n) is 8.47. The molecule has 1 aliphatic heterocycles. The summed E-state index contributed by atoms with van der Waals surface area (Å²) < 4.78 is 25.6. The van der Waals surface area contributed by atoms with Crippen molar-refractivity contribution in [2.24, 2.45) is 0 Å². The Balaban J connectivity index is 1.64. The summed E-state index contributed by atoms with van der Waals surface area (Å²) in [6.07, 6.45) is 2.29. The molecule has 0 spiro atoms. The van der Waals surface area contributed by atoms with Gasteiger partial charge >= 0.3 is 0 Å². The second kappa shape index (κ2) is 7.53. The van der Waals surface area contributed by atoms with Crippen molar-refractivity contribution < 1.29 is 13.2 Å². The maximum atomic E-state index is 12.4. The van der Waals surface area contributed by atoms with E-state index in [2.05, 4.69) is 27.3 Å². The van der Waals surface area contributed by atoms with Gasteiger partial charge in [0.2, 0.25) is 10.0 Å². The highest BCUT2D eigenvalue weighted by Gasteiger charge is 2.21. The number of nitrogens with zero attached hydrogens (tertiary/aromatic N) is 1. The third kappa shape index (κ3) is 3.77. The number of carbonyl (C=O) groups excluding carboxylic acids is 1. The first-order chi connectivity index (χ1) is 12.4. The fourth-order valence-corrected chi connectivity index (χ4v) is 3.69. The molecule has 0 bridgehead atoms. The minimum absolute atomic E-state index is 0.0895. The number of amides is 1. The Kier molecular flexibility index (Phi) is 5.36. The maximum Gasteiger partial charge on any atom is 0.251 e. The molecule has 0 saturated heterocycles. The summed E-state index contributed by atoms with van der Waals surface area (Å²) in [7, 11) is -2.16. The quantitative estimate of drug-likeness (QED) is 0.711. The Morgan fingerprint density at radius 2 is 2.12 bits per heavy atom. The molecule has 0 saturated carbocycles. The first-order valence-corrected chi connectivity index (χ1v) is 9.95. The normalized spacial score (nSPS) is 16.3. The Bertz CT molecular complexity index is 911. The van der Waals surface area contributed by atoms with Crippen molar-refractivity contribution in [3.63, 3.8) is 0 Å². The van der Waals surface area contributed by atoms with Gasteiger partial charge in [-0.05, 0) is 48.9 Å². The Morgan fingerprint density at radius 3 is 2.77 bits per heavy atom. The summed E-state index contributed by atoms with van der Waals surface area (Å²) in [5.74, 6) is -0.179. The zero-order chi connectivity index (χ0) is 18.7. The van der Waals surface area contributed by atoms with Crippen LogP contribution < -0.4 is 15.4 Å². The highest BCUT2D eigenvalue weighted by Crippen LogP contribution is 2.28. The van der Waals surface area contributed by atoms with Gasteiger partial charge in [0.25, 0.3) is 5.91 Å². The van der Waals surface area contributed by atoms with E-state index in [9.17, 15) is 13.2 Å². The topological polar surface area (TPSA) is 100 Å². The number of hydrogen-bond donors (Lipinski definition) is 3. The van der Waals surface area contributed by atoms with Gasteiger partial charge < -0.3 is 10.6 Å². The molecule has 26 heavy (non-hydrogen) atoms. The molecule has 0 radical (unpaired) electrons. The summed E-state index contributed by atoms with van der Waals surface area (Å²) in [6, 6.07) is 9.17. The van der Waals surface area contributed by atoms with Crippen molar-refractivity contribution in [2.45, 2.75) is 37.4 Å². The summed E-state index contributed by atoms with van der Waals surface area (Å²) >= 11 is 0. The van der Waals surface area contributed by atoms with Crippen LogP contribution in [0.1, 0.15) is 46.6 Å². The number of hydrogen-bond acceptors (Lipinski definition) is 5. The fourth-order valence-electron chi connectivity index (χ4n) is 3.01. The van der Waals surface area contributed by atoms with Crippen molar-refractivity contribution in [3.8, 4) is 0 Å². The smallest absolute Gasteiger partial charge is 0.251 e. The van der Waals surface area contributed by atoms with Crippen LogP contribution in [-0.2, 0) is 23.1 Å². The van der Waals surface area contributed by atoms with Crippen LogP contribution in [0.15, 0.2) is 41.4 Å². The van der Waals surface area contributed by atoms with Gasteiger partial charge in [-0.1, -0.05) is 13.0 Å². The average Bonchev–Trinajstić information content (AvgIpc) is 3.08. The lowest BCUT2D eigenvalue weighted by atomic mass is 10.0. The summed E-state index contributed by atoms with van der Waals surface area (Å²) in [5.41, 5.74) is 3.61. The van der Waals surface area contributed by atoms with Gasteiger partial charge in [-0.25, -0.2) is 13.1 Å². The van der Waals surface area contributed by atoms with Gasteiger partial charge in [-0.3, -0.25) is 9.78 Å². The van der Waals surface area contributed by atoms with Crippen LogP contribution in [-0.4, -0.2) is 26.4 Å². The second-order valence-electron chi connectivity index (χ2n) is 6.13. The number of aromatic nitrogens is 1. The predicted octanol–water partition coefficient (Wildman–Crippen LogP) is 1.47. The van der Waals surface area contributed by atoms with Gasteiger partial charge in [0.1, 0.15) is 4.90 Å². The molecule has 1 aromatic carbocycles. The fraction of sp³-hybridized carbons (Fsp3) is 0.333. The average molecular weight is 374 g/mol. The van der Waals surface area contributed by atoms with Crippen LogP contribution in [0.25, 0.3) is 0 Å². The van der Waals surface area contributed by atoms with Crippen LogP contribution >= 0.6 is 0 Å². The lowest BCUT2D eigenvalue weighted by Crippen LogP contribution is -2.24. The molecule has 2 heterocycles. The van der Waals surface area contributed by atoms with Crippen molar-refractivity contribution in [1.82, 2.24) is 20.3 Å². The predicted molar refractivity (Wildman–Crippen MR) is 98.0 cm³/mol. The van der Waals surface area contributed by atoms with Gasteiger partial charge in [0, 0.05) is 24.3 Å². The van der Waals surface area contributed by atoms with Crippen molar-refractivity contribution in [1.29, 1.82) is 0 Å². The molecule has 7 nitrogen and oxygen atoms in total. The van der Waals surface area contributed by atoms with Gasteiger partial charge in [0.05, 0.1) is 12.2 Å². The molecule has 1 amide bonds. The van der Waals surface area contributed by atoms with Crippen molar-refractivity contribution in [2.75, 3.05) is 7.05 Å². The zero-order valence-corrected chi connectivity index (χ0v) is 15.6. The van der Waals surface area contributed by atoms with Crippen LogP contribution in [0.2, 0.25) is 0 Å². The van der Waals surface area contributed by atoms with Crippen molar-refractivity contribution >= 4 is 15.9 Å². The van der Waals surface area contributed by atoms with E-state index in [0.717, 1.165) is 18.5 Å². The lowest BCUT2D eigenvalue weighted by molar-refractivity contribution is 0.0950. The van der Waals surface area contributed by atoms with E-state index in [1.165, 1.54) is 24.9 Å². The van der Waals surface area contributed by atoms with E-state index in [4.69, 9.17) is 0 Å². The van der Waals surface area contributed by atoms with Gasteiger partial charge in [-0.15, -0.1) is 0 Å². The Morgan fingerprint density at radius 1 is 1.31 bits per heavy atom. The molecular weight excluding hydrogens is 352 g/mol. The number of fused-ring (bicyclic) bond motifs is 1. The minimum atomic E-state index is -3.51. The highest BCUT2D eigenvalue weighted by atomic mass is 32.2. The highest BCUT2D eigenvalue weighted by molar-refractivity contribution is 7.89. The Hall–Kier alpha value is -2.29. The van der Waals surface area contributed by atoms with Crippen LogP contribution in [0.4, 0.5) is 0 Å². The Labute approximate surface area is 153 Å². The van der Waals surface area contributed by atoms with E-state index in [0.29, 0.717) is 17.3 Å². The molecule has 138 valence electrons. The van der Waals surface area contributed by atoms with Gasteiger partial charge in [0.15, 0.2) is 0 Å². The monoisotopic (exact) mass is 374 g/mol. The number of carbonyl (C=O) groups is 1. The SMILES string of the molecule is CC[C@@H]1NCc2cc(C(=O)NCc3ccc(S(=O)(=O)NC)cn3)ccc21. The number of sulfonamides is 1. The van der Waals surface area contributed by atoms with E-state index in [1.807, 2.05) is 18.2 Å². The lowest BCUT2D eigenvalue weighted by Gasteiger charge is -2.10. The molecular formula is C18H22N4O3S. The van der Waals surface area contributed by atoms with Crippen LogP contribution in [0, 0.1) is 0 Å². The number of benzene rings is 1. The number of rotatable bonds is 6. The largest absolute Gasteiger partial charge is 0.346 e. The van der Waals surface area contributed by atoms with Crippen molar-refractivity contribution in [3.05, 3.63) is 58.9 Å². The molecule has 0 fully saturated rings. The van der Waals surface area contributed by atoms with E-state index < -0.39 is 10.0 Å². The molecule has 1 aliphatic rings. The van der Waals surface area contributed by atoms with Crippen LogP contribution in [0.5, 0.6) is 0 Å². The standard InChI is InChI=1S/C18H22N4O3S/c1-3-17-16-7-4-12(8-13(16)9-21-17)18(23)22-10-14-5-6-15(11-20-14)26(24,25)19-2/h4-8,11,17,19,21H,3,9-10H2,1-2H3,(H,22,23)/t17-/m0/s1. The van der Waals surface area contributed by atoms with E-state index >= 15 is 0 Å². The third-order valence-corrected chi connectivity index (χ3v) is 5.93. The van der Waals surface area contributed by atoms with Crippen LogP contribution in [0.3, 0.4) is 0 Å².